The first-order valence-corrected chi connectivity index (χ1v) is 11.5. The molecule has 0 spiro atoms. The summed E-state index contributed by atoms with van der Waals surface area (Å²) < 4.78 is 20.0. The lowest BCUT2D eigenvalue weighted by atomic mass is 10.0. The highest BCUT2D eigenvalue weighted by molar-refractivity contribution is 6.33. The van der Waals surface area contributed by atoms with E-state index >= 15 is 0 Å². The molecule has 1 aliphatic rings. The Balaban J connectivity index is 1.36. The molecular weight excluding hydrogens is 459 g/mol. The third-order valence-electron chi connectivity index (χ3n) is 6.02. The fraction of sp³-hybridized carbons (Fsp3) is 0.320. The molecule has 0 saturated carbocycles. The molecule has 7 nitrogen and oxygen atoms in total. The maximum absolute atomic E-state index is 13.2. The van der Waals surface area contributed by atoms with Crippen LogP contribution in [0.2, 0.25) is 5.15 Å². The number of nitrogens with zero attached hydrogens (tertiary/aromatic N) is 3. The normalized spacial score (nSPS) is 14.2. The van der Waals surface area contributed by atoms with Crippen LogP contribution in [-0.2, 0) is 11.2 Å². The number of piperidine rings is 1. The molecule has 34 heavy (non-hydrogen) atoms. The molecule has 1 aliphatic heterocycles. The average Bonchev–Trinajstić information content (AvgIpc) is 3.14. The monoisotopic (exact) mass is 484 g/mol. The number of nitrogens with one attached hydrogen (secondary N) is 1. The van der Waals surface area contributed by atoms with Gasteiger partial charge in [-0.1, -0.05) is 29.8 Å². The Morgan fingerprint density at radius 2 is 1.82 bits per heavy atom. The number of carbonyl (C=O) groups is 2. The number of rotatable bonds is 6. The summed E-state index contributed by atoms with van der Waals surface area (Å²) in [6.45, 7) is 2.82. The third-order valence-corrected chi connectivity index (χ3v) is 6.37. The van der Waals surface area contributed by atoms with Gasteiger partial charge in [-0.15, -0.1) is 0 Å². The van der Waals surface area contributed by atoms with E-state index in [9.17, 15) is 14.0 Å². The Morgan fingerprint density at radius 3 is 2.50 bits per heavy atom. The number of likely N-dealkylation sites (tertiary alicyclic amines) is 1. The minimum atomic E-state index is -0.366. The zero-order valence-electron chi connectivity index (χ0n) is 19.1. The van der Waals surface area contributed by atoms with Gasteiger partial charge in [0, 0.05) is 24.7 Å². The Kier molecular flexibility index (Phi) is 7.17. The highest BCUT2D eigenvalue weighted by atomic mass is 35.5. The van der Waals surface area contributed by atoms with Gasteiger partial charge in [-0.25, -0.2) is 9.07 Å². The van der Waals surface area contributed by atoms with Crippen LogP contribution in [0.25, 0.3) is 5.69 Å². The van der Waals surface area contributed by atoms with Crippen molar-refractivity contribution in [1.29, 1.82) is 0 Å². The van der Waals surface area contributed by atoms with Crippen molar-refractivity contribution in [2.75, 3.05) is 20.2 Å². The average molecular weight is 485 g/mol. The van der Waals surface area contributed by atoms with Crippen LogP contribution in [0.1, 0.15) is 34.5 Å². The molecule has 0 unspecified atom stereocenters. The number of aryl methyl sites for hydroxylation is 1. The van der Waals surface area contributed by atoms with Crippen molar-refractivity contribution in [3.8, 4) is 11.4 Å². The van der Waals surface area contributed by atoms with Crippen molar-refractivity contribution in [2.45, 2.75) is 32.2 Å². The fourth-order valence-electron chi connectivity index (χ4n) is 4.16. The van der Waals surface area contributed by atoms with Gasteiger partial charge in [-0.2, -0.15) is 5.10 Å². The van der Waals surface area contributed by atoms with Crippen LogP contribution in [-0.4, -0.2) is 52.7 Å². The van der Waals surface area contributed by atoms with Gasteiger partial charge in [0.05, 0.1) is 30.5 Å². The quantitative estimate of drug-likeness (QED) is 0.575. The number of benzene rings is 2. The molecule has 1 aromatic heterocycles. The zero-order valence-corrected chi connectivity index (χ0v) is 19.8. The van der Waals surface area contributed by atoms with Crippen molar-refractivity contribution in [1.82, 2.24) is 20.0 Å². The molecule has 9 heteroatoms. The lowest BCUT2D eigenvalue weighted by molar-refractivity contribution is -0.131. The second kappa shape index (κ2) is 10.3. The number of halogens is 2. The summed E-state index contributed by atoms with van der Waals surface area (Å²) in [6, 6.07) is 13.1. The molecule has 4 rings (SSSR count). The van der Waals surface area contributed by atoms with Gasteiger partial charge in [0.1, 0.15) is 16.7 Å². The zero-order chi connectivity index (χ0) is 24.2. The summed E-state index contributed by atoms with van der Waals surface area (Å²) in [6.07, 6.45) is 1.57. The van der Waals surface area contributed by atoms with E-state index in [-0.39, 0.29) is 35.2 Å². The smallest absolute Gasteiger partial charge is 0.256 e. The second-order valence-electron chi connectivity index (χ2n) is 8.26. The Labute approximate surface area is 202 Å². The van der Waals surface area contributed by atoms with Crippen LogP contribution >= 0.6 is 11.6 Å². The van der Waals surface area contributed by atoms with Gasteiger partial charge in [0.25, 0.3) is 5.91 Å². The Morgan fingerprint density at radius 1 is 1.15 bits per heavy atom. The van der Waals surface area contributed by atoms with Gasteiger partial charge in [-0.05, 0) is 50.1 Å². The Hall–Kier alpha value is -3.39. The third kappa shape index (κ3) is 5.07. The number of amides is 2. The SMILES string of the molecule is COc1ccccc1CC(=O)N1CCC(NC(=O)c2c(C)nn(-c3ccc(F)cc3)c2Cl)CC1. The second-order valence-corrected chi connectivity index (χ2v) is 8.61. The highest BCUT2D eigenvalue weighted by Crippen LogP contribution is 2.25. The molecular formula is C25H26ClFN4O3. The summed E-state index contributed by atoms with van der Waals surface area (Å²) in [4.78, 5) is 27.6. The maximum Gasteiger partial charge on any atom is 0.256 e. The van der Waals surface area contributed by atoms with E-state index in [4.69, 9.17) is 16.3 Å². The van der Waals surface area contributed by atoms with Crippen LogP contribution in [0.5, 0.6) is 5.75 Å². The van der Waals surface area contributed by atoms with Crippen molar-refractivity contribution in [2.24, 2.45) is 0 Å². The molecule has 0 aliphatic carbocycles. The van der Waals surface area contributed by atoms with E-state index in [0.29, 0.717) is 48.6 Å². The van der Waals surface area contributed by atoms with Crippen LogP contribution in [0, 0.1) is 12.7 Å². The van der Waals surface area contributed by atoms with E-state index < -0.39 is 0 Å². The predicted molar refractivity (Wildman–Crippen MR) is 127 cm³/mol. The topological polar surface area (TPSA) is 76.5 Å². The van der Waals surface area contributed by atoms with E-state index in [0.717, 1.165) is 5.56 Å². The van der Waals surface area contributed by atoms with Crippen molar-refractivity contribution in [3.05, 3.63) is 76.3 Å². The van der Waals surface area contributed by atoms with Crippen LogP contribution in [0.3, 0.4) is 0 Å². The lowest BCUT2D eigenvalue weighted by Crippen LogP contribution is -2.47. The molecule has 178 valence electrons. The molecule has 1 N–H and O–H groups in total. The minimum Gasteiger partial charge on any atom is -0.496 e. The maximum atomic E-state index is 13.2. The van der Waals surface area contributed by atoms with Gasteiger partial charge in [0.15, 0.2) is 0 Å². The molecule has 3 aromatic rings. The summed E-state index contributed by atoms with van der Waals surface area (Å²) in [5, 5.41) is 7.55. The van der Waals surface area contributed by atoms with E-state index in [1.807, 2.05) is 29.2 Å². The molecule has 2 heterocycles. The number of hydrogen-bond donors (Lipinski definition) is 1. The number of hydrogen-bond acceptors (Lipinski definition) is 4. The first kappa shape index (κ1) is 23.8. The van der Waals surface area contributed by atoms with Gasteiger partial charge < -0.3 is 15.0 Å². The lowest BCUT2D eigenvalue weighted by Gasteiger charge is -2.32. The molecule has 0 bridgehead atoms. The molecule has 2 amide bonds. The molecule has 1 saturated heterocycles. The van der Waals surface area contributed by atoms with Gasteiger partial charge in [0.2, 0.25) is 5.91 Å². The summed E-state index contributed by atoms with van der Waals surface area (Å²) in [5.74, 6) is 0.0595. The first-order chi connectivity index (χ1) is 16.4. The van der Waals surface area contributed by atoms with E-state index in [2.05, 4.69) is 10.4 Å². The highest BCUT2D eigenvalue weighted by Gasteiger charge is 2.27. The van der Waals surface area contributed by atoms with E-state index in [1.165, 1.54) is 16.8 Å². The van der Waals surface area contributed by atoms with Crippen LogP contribution < -0.4 is 10.1 Å². The summed E-state index contributed by atoms with van der Waals surface area (Å²) >= 11 is 6.47. The van der Waals surface area contributed by atoms with Crippen molar-refractivity contribution < 1.29 is 18.7 Å². The number of ether oxygens (including phenoxy) is 1. The van der Waals surface area contributed by atoms with Gasteiger partial charge >= 0.3 is 0 Å². The van der Waals surface area contributed by atoms with Crippen LogP contribution in [0.15, 0.2) is 48.5 Å². The number of para-hydroxylation sites is 1. The minimum absolute atomic E-state index is 0.0359. The number of aromatic nitrogens is 2. The number of carbonyl (C=O) groups excluding carboxylic acids is 2. The molecule has 0 radical (unpaired) electrons. The molecule has 1 fully saturated rings. The van der Waals surface area contributed by atoms with Crippen LogP contribution in [0.4, 0.5) is 4.39 Å². The van der Waals surface area contributed by atoms with Gasteiger partial charge in [-0.3, -0.25) is 9.59 Å². The standard InChI is InChI=1S/C25H26ClFN4O3/c1-16-23(24(26)31(29-16)20-9-7-18(27)8-10-20)25(33)28-19-11-13-30(14-12-19)22(32)15-17-5-3-4-6-21(17)34-2/h3-10,19H,11-15H2,1-2H3,(H,28,33). The summed E-state index contributed by atoms with van der Waals surface area (Å²) in [5.41, 5.74) is 2.20. The molecule has 0 atom stereocenters. The fourth-order valence-corrected chi connectivity index (χ4v) is 4.52. The number of methoxy groups -OCH3 is 1. The van der Waals surface area contributed by atoms with Crippen molar-refractivity contribution in [3.63, 3.8) is 0 Å². The summed E-state index contributed by atoms with van der Waals surface area (Å²) in [7, 11) is 1.59. The first-order valence-electron chi connectivity index (χ1n) is 11.1. The Bertz CT molecular complexity index is 1190. The predicted octanol–water partition coefficient (Wildman–Crippen LogP) is 3.95. The largest absolute Gasteiger partial charge is 0.496 e. The molecule has 2 aromatic carbocycles. The van der Waals surface area contributed by atoms with Crippen molar-refractivity contribution >= 4 is 23.4 Å². The van der Waals surface area contributed by atoms with E-state index in [1.54, 1.807) is 26.2 Å².